The Balaban J connectivity index is 2.27. The van der Waals surface area contributed by atoms with Crippen LogP contribution in [0.5, 0.6) is 0 Å². The fourth-order valence-electron chi connectivity index (χ4n) is 2.58. The molecule has 0 bridgehead atoms. The standard InChI is InChI=1S/C15H23NO/c1-10-13(15(3,4)5)8-9-16(10)11(2)14(17)12-6-7-12/h8-9,11-12H,6-7H2,1-5H3. The van der Waals surface area contributed by atoms with Crippen molar-refractivity contribution in [3.05, 3.63) is 23.5 Å². The average molecular weight is 233 g/mol. The molecule has 1 atom stereocenters. The summed E-state index contributed by atoms with van der Waals surface area (Å²) < 4.78 is 2.14. The molecular weight excluding hydrogens is 210 g/mol. The first kappa shape index (κ1) is 12.4. The van der Waals surface area contributed by atoms with Crippen LogP contribution < -0.4 is 0 Å². The van der Waals surface area contributed by atoms with Crippen molar-refractivity contribution in [1.29, 1.82) is 0 Å². The Morgan fingerprint density at radius 2 is 2.00 bits per heavy atom. The van der Waals surface area contributed by atoms with Crippen LogP contribution >= 0.6 is 0 Å². The molecule has 0 amide bonds. The summed E-state index contributed by atoms with van der Waals surface area (Å²) in [5.41, 5.74) is 2.73. The number of aromatic nitrogens is 1. The Labute approximate surface area is 104 Å². The lowest BCUT2D eigenvalue weighted by Gasteiger charge is -2.21. The highest BCUT2D eigenvalue weighted by Gasteiger charge is 2.34. The monoisotopic (exact) mass is 233 g/mol. The zero-order chi connectivity index (χ0) is 12.8. The quantitative estimate of drug-likeness (QED) is 0.781. The lowest BCUT2D eigenvalue weighted by atomic mass is 9.87. The van der Waals surface area contributed by atoms with Gasteiger partial charge in [0.1, 0.15) is 0 Å². The second-order valence-corrected chi connectivity index (χ2v) is 6.32. The molecule has 17 heavy (non-hydrogen) atoms. The van der Waals surface area contributed by atoms with Gasteiger partial charge in [-0.05, 0) is 43.7 Å². The molecule has 2 rings (SSSR count). The molecule has 1 aliphatic rings. The summed E-state index contributed by atoms with van der Waals surface area (Å²) in [5.74, 6) is 0.744. The van der Waals surface area contributed by atoms with Crippen LogP contribution in [0.3, 0.4) is 0 Å². The van der Waals surface area contributed by atoms with E-state index in [2.05, 4.69) is 44.5 Å². The Bertz CT molecular complexity index is 432. The van der Waals surface area contributed by atoms with Crippen molar-refractivity contribution in [1.82, 2.24) is 4.57 Å². The molecule has 2 heteroatoms. The molecule has 1 aromatic heterocycles. The Kier molecular flexibility index (Phi) is 2.92. The predicted molar refractivity (Wildman–Crippen MR) is 70.3 cm³/mol. The van der Waals surface area contributed by atoms with Gasteiger partial charge in [0.05, 0.1) is 6.04 Å². The molecule has 1 unspecified atom stereocenters. The van der Waals surface area contributed by atoms with Gasteiger partial charge in [0.15, 0.2) is 5.78 Å². The predicted octanol–water partition coefficient (Wildman–Crippen LogP) is 3.63. The van der Waals surface area contributed by atoms with Gasteiger partial charge in [-0.2, -0.15) is 0 Å². The van der Waals surface area contributed by atoms with Gasteiger partial charge in [-0.3, -0.25) is 4.79 Å². The van der Waals surface area contributed by atoms with E-state index in [9.17, 15) is 4.79 Å². The topological polar surface area (TPSA) is 22.0 Å². The fraction of sp³-hybridized carbons (Fsp3) is 0.667. The van der Waals surface area contributed by atoms with Gasteiger partial charge in [0, 0.05) is 17.8 Å². The molecule has 0 aromatic carbocycles. The third kappa shape index (κ3) is 2.31. The molecule has 0 radical (unpaired) electrons. The third-order valence-electron chi connectivity index (χ3n) is 3.80. The second kappa shape index (κ2) is 4.01. The Morgan fingerprint density at radius 1 is 1.41 bits per heavy atom. The van der Waals surface area contributed by atoms with Crippen LogP contribution in [0.15, 0.2) is 12.3 Å². The van der Waals surface area contributed by atoms with Gasteiger partial charge < -0.3 is 4.57 Å². The van der Waals surface area contributed by atoms with E-state index in [1.807, 2.05) is 6.92 Å². The molecule has 0 saturated heterocycles. The normalized spacial score (nSPS) is 18.2. The smallest absolute Gasteiger partial charge is 0.158 e. The van der Waals surface area contributed by atoms with Gasteiger partial charge >= 0.3 is 0 Å². The number of nitrogens with zero attached hydrogens (tertiary/aromatic N) is 1. The third-order valence-corrected chi connectivity index (χ3v) is 3.80. The largest absolute Gasteiger partial charge is 0.341 e. The van der Waals surface area contributed by atoms with Crippen LogP contribution in [-0.4, -0.2) is 10.4 Å². The summed E-state index contributed by atoms with van der Waals surface area (Å²) in [6, 6.07) is 2.16. The van der Waals surface area contributed by atoms with Gasteiger partial charge in [-0.15, -0.1) is 0 Å². The second-order valence-electron chi connectivity index (χ2n) is 6.32. The maximum Gasteiger partial charge on any atom is 0.158 e. The van der Waals surface area contributed by atoms with Crippen molar-refractivity contribution < 1.29 is 4.79 Å². The minimum atomic E-state index is -0.00130. The number of hydrogen-bond donors (Lipinski definition) is 0. The number of carbonyl (C=O) groups excluding carboxylic acids is 1. The lowest BCUT2D eigenvalue weighted by molar-refractivity contribution is -0.123. The Morgan fingerprint density at radius 3 is 2.41 bits per heavy atom. The van der Waals surface area contributed by atoms with Crippen LogP contribution in [0.2, 0.25) is 0 Å². The summed E-state index contributed by atoms with van der Waals surface area (Å²) in [4.78, 5) is 12.1. The number of ketones is 1. The van der Waals surface area contributed by atoms with E-state index < -0.39 is 0 Å². The minimum absolute atomic E-state index is 0.00130. The number of rotatable bonds is 3. The van der Waals surface area contributed by atoms with Gasteiger partial charge in [0.2, 0.25) is 0 Å². The summed E-state index contributed by atoms with van der Waals surface area (Å²) in [5, 5.41) is 0. The Hall–Kier alpha value is -1.05. The first-order valence-electron chi connectivity index (χ1n) is 6.54. The van der Waals surface area contributed by atoms with Crippen molar-refractivity contribution >= 4 is 5.78 Å². The van der Waals surface area contributed by atoms with E-state index in [0.717, 1.165) is 12.8 Å². The summed E-state index contributed by atoms with van der Waals surface area (Å²) in [6.07, 6.45) is 4.26. The first-order valence-corrected chi connectivity index (χ1v) is 6.54. The lowest BCUT2D eigenvalue weighted by Crippen LogP contribution is -2.20. The average Bonchev–Trinajstić information content (AvgIpc) is 2.98. The molecule has 1 saturated carbocycles. The maximum absolute atomic E-state index is 12.1. The van der Waals surface area contributed by atoms with Gasteiger partial charge in [-0.1, -0.05) is 20.8 Å². The zero-order valence-corrected chi connectivity index (χ0v) is 11.6. The van der Waals surface area contributed by atoms with Gasteiger partial charge in [-0.25, -0.2) is 0 Å². The summed E-state index contributed by atoms with van der Waals surface area (Å²) in [6.45, 7) is 10.8. The maximum atomic E-state index is 12.1. The fourth-order valence-corrected chi connectivity index (χ4v) is 2.58. The zero-order valence-electron chi connectivity index (χ0n) is 11.6. The molecule has 2 nitrogen and oxygen atoms in total. The van der Waals surface area contributed by atoms with Crippen LogP contribution in [0.1, 0.15) is 57.8 Å². The highest BCUT2D eigenvalue weighted by molar-refractivity contribution is 5.86. The summed E-state index contributed by atoms with van der Waals surface area (Å²) >= 11 is 0. The van der Waals surface area contributed by atoms with Gasteiger partial charge in [0.25, 0.3) is 0 Å². The van der Waals surface area contributed by atoms with E-state index in [1.165, 1.54) is 11.3 Å². The van der Waals surface area contributed by atoms with Crippen LogP contribution in [0.4, 0.5) is 0 Å². The molecule has 0 spiro atoms. The molecular formula is C15H23NO. The highest BCUT2D eigenvalue weighted by atomic mass is 16.1. The van der Waals surface area contributed by atoms with E-state index in [0.29, 0.717) is 11.7 Å². The van der Waals surface area contributed by atoms with Crippen LogP contribution in [0.25, 0.3) is 0 Å². The SMILES string of the molecule is Cc1c(C(C)(C)C)ccn1C(C)C(=O)C1CC1. The molecule has 0 aliphatic heterocycles. The summed E-state index contributed by atoms with van der Waals surface area (Å²) in [7, 11) is 0. The molecule has 0 N–H and O–H groups in total. The van der Waals surface area contributed by atoms with E-state index in [-0.39, 0.29) is 11.5 Å². The van der Waals surface area contributed by atoms with Crippen LogP contribution in [-0.2, 0) is 10.2 Å². The highest BCUT2D eigenvalue weighted by Crippen LogP contribution is 2.35. The first-order chi connectivity index (χ1) is 7.82. The minimum Gasteiger partial charge on any atom is -0.341 e. The van der Waals surface area contributed by atoms with Crippen molar-refractivity contribution in [3.8, 4) is 0 Å². The number of Topliss-reactive ketones (excluding diaryl/α,β-unsaturated/α-hetero) is 1. The van der Waals surface area contributed by atoms with E-state index in [1.54, 1.807) is 0 Å². The molecule has 1 aliphatic carbocycles. The van der Waals surface area contributed by atoms with E-state index >= 15 is 0 Å². The molecule has 1 heterocycles. The van der Waals surface area contributed by atoms with Crippen molar-refractivity contribution in [2.24, 2.45) is 5.92 Å². The van der Waals surface area contributed by atoms with Crippen molar-refractivity contribution in [2.75, 3.05) is 0 Å². The number of hydrogen-bond acceptors (Lipinski definition) is 1. The van der Waals surface area contributed by atoms with E-state index in [4.69, 9.17) is 0 Å². The number of carbonyl (C=O) groups is 1. The van der Waals surface area contributed by atoms with Crippen molar-refractivity contribution in [2.45, 2.75) is 58.9 Å². The molecule has 94 valence electrons. The molecule has 1 aromatic rings. The van der Waals surface area contributed by atoms with Crippen LogP contribution in [0, 0.1) is 12.8 Å². The molecule has 1 fully saturated rings. The van der Waals surface area contributed by atoms with Crippen molar-refractivity contribution in [3.63, 3.8) is 0 Å².